The van der Waals surface area contributed by atoms with Gasteiger partial charge in [-0.05, 0) is 0 Å². The average Bonchev–Trinajstić information content (AvgIpc) is 1.80. The average molecular weight is 306 g/mol. The van der Waals surface area contributed by atoms with Gasteiger partial charge in [0.25, 0.3) is 0 Å². The first-order valence-electron chi connectivity index (χ1n) is 3.30. The Morgan fingerprint density at radius 3 is 2.00 bits per heavy atom. The van der Waals surface area contributed by atoms with Crippen LogP contribution in [0.4, 0.5) is 0 Å². The van der Waals surface area contributed by atoms with Gasteiger partial charge in [0.05, 0.1) is 0 Å². The summed E-state index contributed by atoms with van der Waals surface area (Å²) < 4.78 is 2.13. The van der Waals surface area contributed by atoms with Crippen LogP contribution in [-0.4, -0.2) is 4.40 Å². The Labute approximate surface area is 74.4 Å². The molecule has 0 aromatic rings. The zero-order valence-corrected chi connectivity index (χ0v) is 9.78. The van der Waals surface area contributed by atoms with Crippen molar-refractivity contribution in [3.63, 3.8) is 0 Å². The molecule has 0 fully saturated rings. The predicted octanol–water partition coefficient (Wildman–Crippen LogP) is 2.49. The molecule has 0 aliphatic rings. The van der Waals surface area contributed by atoms with Crippen LogP contribution in [0.5, 0.6) is 0 Å². The van der Waals surface area contributed by atoms with E-state index in [1.807, 2.05) is 6.08 Å². The van der Waals surface area contributed by atoms with Gasteiger partial charge >= 0.3 is 74.2 Å². The Bertz CT molecular complexity index is 158. The molecule has 0 N–H and O–H groups in total. The number of rotatable bonds is 2. The van der Waals surface area contributed by atoms with Gasteiger partial charge in [-0.25, -0.2) is 0 Å². The summed E-state index contributed by atoms with van der Waals surface area (Å²) in [4.78, 5) is 0. The molecule has 0 nitrogen and oxygen atoms in total. The fourth-order valence-corrected chi connectivity index (χ4v) is 1.22. The van der Waals surface area contributed by atoms with E-state index >= 15 is 0 Å². The third-order valence-corrected chi connectivity index (χ3v) is 1.82. The third-order valence-electron chi connectivity index (χ3n) is 1.33. The van der Waals surface area contributed by atoms with Crippen LogP contribution in [-0.2, 0) is 19.4 Å². The van der Waals surface area contributed by atoms with Crippen LogP contribution in [0.2, 0.25) is 0 Å². The summed E-state index contributed by atoms with van der Waals surface area (Å²) in [7, 11) is 0. The number of hydrogen-bond donors (Lipinski definition) is 0. The van der Waals surface area contributed by atoms with Crippen LogP contribution in [0.25, 0.3) is 0 Å². The molecule has 0 aromatic heterocycles. The van der Waals surface area contributed by atoms with E-state index in [9.17, 15) is 0 Å². The predicted molar refractivity (Wildman–Crippen MR) is 43.8 cm³/mol. The summed E-state index contributed by atoms with van der Waals surface area (Å²) in [5, 5.41) is 0. The Morgan fingerprint density at radius 1 is 1.40 bits per heavy atom. The first-order valence-corrected chi connectivity index (χ1v) is 5.00. The minimum absolute atomic E-state index is 0.244. The molecule has 10 heavy (non-hydrogen) atoms. The summed E-state index contributed by atoms with van der Waals surface area (Å²) in [6.45, 7) is 10.3. The second kappa shape index (κ2) is 4.03. The van der Waals surface area contributed by atoms with Crippen LogP contribution in [0.3, 0.4) is 0 Å². The van der Waals surface area contributed by atoms with Gasteiger partial charge in [0.2, 0.25) is 0 Å². The molecule has 0 rings (SSSR count). The van der Waals surface area contributed by atoms with E-state index in [1.54, 1.807) is 0 Å². The van der Waals surface area contributed by atoms with Crippen LogP contribution in [0, 0.1) is 5.41 Å². The van der Waals surface area contributed by atoms with E-state index in [1.165, 1.54) is 24.9 Å². The standard InChI is InChI=1S/C9H14.W/c1-6-8(7-2)9(3,4)5;/h1,6-7H,2H2,3-5H3;/b8-6+;. The van der Waals surface area contributed by atoms with Crippen LogP contribution in [0.15, 0.2) is 24.3 Å². The van der Waals surface area contributed by atoms with Crippen molar-refractivity contribution in [2.75, 3.05) is 0 Å². The van der Waals surface area contributed by atoms with Crippen molar-refractivity contribution in [1.82, 2.24) is 0 Å². The normalized spacial score (nSPS) is 12.9. The van der Waals surface area contributed by atoms with Crippen LogP contribution < -0.4 is 0 Å². The second-order valence-corrected chi connectivity index (χ2v) is 4.19. The van der Waals surface area contributed by atoms with Crippen LogP contribution in [0.1, 0.15) is 20.8 Å². The quantitative estimate of drug-likeness (QED) is 0.688. The van der Waals surface area contributed by atoms with Gasteiger partial charge in [-0.3, -0.25) is 0 Å². The summed E-state index contributed by atoms with van der Waals surface area (Å²) >= 11 is 1.48. The Hall–Kier alpha value is 0.0383. The van der Waals surface area contributed by atoms with Gasteiger partial charge in [0, 0.05) is 0 Å². The SMILES string of the molecule is C=C/C(=C\[CH]=[W])C(C)(C)C. The molecule has 0 saturated carbocycles. The monoisotopic (exact) mass is 306 g/mol. The van der Waals surface area contributed by atoms with E-state index in [4.69, 9.17) is 0 Å². The van der Waals surface area contributed by atoms with Gasteiger partial charge in [-0.15, -0.1) is 0 Å². The van der Waals surface area contributed by atoms with E-state index in [2.05, 4.69) is 37.8 Å². The molecule has 0 aliphatic carbocycles. The molecule has 0 atom stereocenters. The fourth-order valence-electron chi connectivity index (χ4n) is 0.698. The molecular weight excluding hydrogens is 292 g/mol. The van der Waals surface area contributed by atoms with Crippen molar-refractivity contribution in [3.8, 4) is 0 Å². The molecule has 0 aromatic carbocycles. The van der Waals surface area contributed by atoms with E-state index in [0.717, 1.165) is 0 Å². The van der Waals surface area contributed by atoms with Crippen molar-refractivity contribution < 1.29 is 19.4 Å². The fraction of sp³-hybridized carbons (Fsp3) is 0.444. The Balaban J connectivity index is 4.51. The molecule has 0 spiro atoms. The number of hydrogen-bond acceptors (Lipinski definition) is 0. The third kappa shape index (κ3) is 3.27. The van der Waals surface area contributed by atoms with E-state index in [0.29, 0.717) is 0 Å². The van der Waals surface area contributed by atoms with Gasteiger partial charge in [-0.1, -0.05) is 0 Å². The van der Waals surface area contributed by atoms with Crippen molar-refractivity contribution in [3.05, 3.63) is 24.3 Å². The Morgan fingerprint density at radius 2 is 1.90 bits per heavy atom. The first-order chi connectivity index (χ1) is 4.52. The van der Waals surface area contributed by atoms with E-state index < -0.39 is 0 Å². The van der Waals surface area contributed by atoms with Gasteiger partial charge in [0.15, 0.2) is 0 Å². The summed E-state index contributed by atoms with van der Waals surface area (Å²) in [6.07, 6.45) is 4.07. The molecule has 0 aliphatic heterocycles. The number of allylic oxidation sites excluding steroid dienone is 3. The zero-order valence-electron chi connectivity index (χ0n) is 6.85. The van der Waals surface area contributed by atoms with Crippen molar-refractivity contribution in [1.29, 1.82) is 0 Å². The summed E-state index contributed by atoms with van der Waals surface area (Å²) in [5.74, 6) is 0. The Kier molecular flexibility index (Phi) is 4.05. The molecule has 0 saturated heterocycles. The summed E-state index contributed by atoms with van der Waals surface area (Å²) in [6, 6.07) is 0. The van der Waals surface area contributed by atoms with Gasteiger partial charge < -0.3 is 0 Å². The van der Waals surface area contributed by atoms with Crippen molar-refractivity contribution in [2.24, 2.45) is 5.41 Å². The topological polar surface area (TPSA) is 0 Å². The van der Waals surface area contributed by atoms with E-state index in [-0.39, 0.29) is 5.41 Å². The minimum atomic E-state index is 0.244. The molecule has 1 heteroatoms. The second-order valence-electron chi connectivity index (χ2n) is 3.21. The first kappa shape index (κ1) is 10.0. The van der Waals surface area contributed by atoms with Gasteiger partial charge in [0.1, 0.15) is 0 Å². The molecule has 0 bridgehead atoms. The molecule has 0 unspecified atom stereocenters. The zero-order chi connectivity index (χ0) is 8.20. The maximum atomic E-state index is 3.77. The molecule has 0 radical (unpaired) electrons. The molecular formula is C9H14W. The summed E-state index contributed by atoms with van der Waals surface area (Å²) in [5.41, 5.74) is 1.55. The molecule has 56 valence electrons. The maximum absolute atomic E-state index is 3.77. The molecule has 0 amide bonds. The van der Waals surface area contributed by atoms with Crippen molar-refractivity contribution in [2.45, 2.75) is 20.8 Å². The van der Waals surface area contributed by atoms with Crippen LogP contribution >= 0.6 is 0 Å². The van der Waals surface area contributed by atoms with Gasteiger partial charge in [-0.2, -0.15) is 0 Å². The van der Waals surface area contributed by atoms with Crippen molar-refractivity contribution >= 4 is 4.40 Å². The molecule has 0 heterocycles.